The first-order valence-electron chi connectivity index (χ1n) is 4.73. The summed E-state index contributed by atoms with van der Waals surface area (Å²) in [6.45, 7) is -0.00761. The first-order valence-corrected chi connectivity index (χ1v) is 4.73. The van der Waals surface area contributed by atoms with E-state index < -0.39 is 17.8 Å². The van der Waals surface area contributed by atoms with Crippen molar-refractivity contribution in [2.45, 2.75) is 13.0 Å². The Kier molecular flexibility index (Phi) is 3.10. The first-order chi connectivity index (χ1) is 8.13. The highest BCUT2D eigenvalue weighted by molar-refractivity contribution is 5.60. The molecule has 1 aromatic heterocycles. The zero-order valence-electron chi connectivity index (χ0n) is 8.53. The highest BCUT2D eigenvalue weighted by atomic mass is 19.3. The number of alkyl halides is 2. The van der Waals surface area contributed by atoms with Crippen LogP contribution >= 0.6 is 0 Å². The van der Waals surface area contributed by atoms with Crippen LogP contribution in [0, 0.1) is 5.82 Å². The molecule has 0 aliphatic heterocycles. The summed E-state index contributed by atoms with van der Waals surface area (Å²) >= 11 is 0. The van der Waals surface area contributed by atoms with E-state index in [4.69, 9.17) is 5.73 Å². The van der Waals surface area contributed by atoms with Crippen LogP contribution in [0.2, 0.25) is 0 Å². The molecule has 2 N–H and O–H groups in total. The number of hydrogen-bond acceptors (Lipinski definition) is 4. The number of halogens is 3. The average Bonchev–Trinajstić information content (AvgIpc) is 2.76. The summed E-state index contributed by atoms with van der Waals surface area (Å²) in [5, 5.41) is 3.48. The maximum Gasteiger partial charge on any atom is 0.267 e. The molecule has 1 heterocycles. The molecule has 0 atom stereocenters. The topological polar surface area (TPSA) is 64.9 Å². The van der Waals surface area contributed by atoms with Gasteiger partial charge in [-0.2, -0.15) is 4.98 Å². The standard InChI is InChI=1S/C10H8F3N3O/c11-6-3-1-2-5(8(6)9(12)13)10-15-7(4-14)17-16-10/h1-3,9H,4,14H2. The molecule has 90 valence electrons. The van der Waals surface area contributed by atoms with E-state index in [0.29, 0.717) is 0 Å². The van der Waals surface area contributed by atoms with Crippen molar-refractivity contribution in [3.05, 3.63) is 35.5 Å². The van der Waals surface area contributed by atoms with E-state index in [1.165, 1.54) is 12.1 Å². The lowest BCUT2D eigenvalue weighted by atomic mass is 10.1. The zero-order valence-corrected chi connectivity index (χ0v) is 8.53. The van der Waals surface area contributed by atoms with Crippen molar-refractivity contribution in [1.29, 1.82) is 0 Å². The van der Waals surface area contributed by atoms with Gasteiger partial charge in [0.05, 0.1) is 12.1 Å². The largest absolute Gasteiger partial charge is 0.338 e. The fourth-order valence-corrected chi connectivity index (χ4v) is 1.40. The van der Waals surface area contributed by atoms with Crippen LogP contribution in [0.1, 0.15) is 17.9 Å². The van der Waals surface area contributed by atoms with Crippen molar-refractivity contribution in [2.75, 3.05) is 0 Å². The van der Waals surface area contributed by atoms with E-state index in [1.54, 1.807) is 0 Å². The molecule has 4 nitrogen and oxygen atoms in total. The van der Waals surface area contributed by atoms with Crippen molar-refractivity contribution < 1.29 is 17.7 Å². The Morgan fingerprint density at radius 3 is 2.71 bits per heavy atom. The van der Waals surface area contributed by atoms with Crippen LogP contribution in [0.25, 0.3) is 11.4 Å². The van der Waals surface area contributed by atoms with Gasteiger partial charge in [-0.05, 0) is 6.07 Å². The van der Waals surface area contributed by atoms with Gasteiger partial charge in [-0.25, -0.2) is 13.2 Å². The second kappa shape index (κ2) is 4.54. The molecule has 0 aliphatic rings. The van der Waals surface area contributed by atoms with Gasteiger partial charge in [-0.1, -0.05) is 17.3 Å². The molecule has 0 saturated heterocycles. The van der Waals surface area contributed by atoms with Crippen LogP contribution in [0.15, 0.2) is 22.7 Å². The molecule has 1 aromatic carbocycles. The van der Waals surface area contributed by atoms with Gasteiger partial charge in [-0.3, -0.25) is 0 Å². The Hall–Kier alpha value is -1.89. The minimum Gasteiger partial charge on any atom is -0.338 e. The second-order valence-corrected chi connectivity index (χ2v) is 3.22. The minimum absolute atomic E-state index is 0.00761. The Bertz CT molecular complexity index is 527. The SMILES string of the molecule is NCc1nc(-c2cccc(F)c2C(F)F)no1. The predicted molar refractivity (Wildman–Crippen MR) is 52.5 cm³/mol. The van der Waals surface area contributed by atoms with E-state index in [1.807, 2.05) is 0 Å². The lowest BCUT2D eigenvalue weighted by Gasteiger charge is -2.05. The average molecular weight is 243 g/mol. The van der Waals surface area contributed by atoms with Crippen molar-refractivity contribution in [2.24, 2.45) is 5.73 Å². The van der Waals surface area contributed by atoms with Crippen LogP contribution in [0.4, 0.5) is 13.2 Å². The molecule has 0 saturated carbocycles. The fourth-order valence-electron chi connectivity index (χ4n) is 1.40. The molecule has 2 rings (SSSR count). The van der Waals surface area contributed by atoms with E-state index in [0.717, 1.165) is 6.07 Å². The third-order valence-corrected chi connectivity index (χ3v) is 2.15. The zero-order chi connectivity index (χ0) is 12.4. The maximum absolute atomic E-state index is 13.3. The Balaban J connectivity index is 2.54. The molecule has 0 spiro atoms. The first kappa shape index (κ1) is 11.6. The monoisotopic (exact) mass is 243 g/mol. The molecule has 0 radical (unpaired) electrons. The summed E-state index contributed by atoms with van der Waals surface area (Å²) in [5.74, 6) is -0.999. The fraction of sp³-hybridized carbons (Fsp3) is 0.200. The van der Waals surface area contributed by atoms with Gasteiger partial charge in [0.25, 0.3) is 6.43 Å². The number of rotatable bonds is 3. The molecular weight excluding hydrogens is 235 g/mol. The van der Waals surface area contributed by atoms with E-state index in [-0.39, 0.29) is 23.8 Å². The predicted octanol–water partition coefficient (Wildman–Crippen LogP) is 2.27. The number of hydrogen-bond donors (Lipinski definition) is 1. The van der Waals surface area contributed by atoms with Crippen LogP contribution in [-0.2, 0) is 6.54 Å². The van der Waals surface area contributed by atoms with Crippen LogP contribution in [-0.4, -0.2) is 10.1 Å². The normalized spacial score (nSPS) is 11.1. The van der Waals surface area contributed by atoms with E-state index in [9.17, 15) is 13.2 Å². The summed E-state index contributed by atoms with van der Waals surface area (Å²) in [4.78, 5) is 3.78. The quantitative estimate of drug-likeness (QED) is 0.898. The van der Waals surface area contributed by atoms with Crippen molar-refractivity contribution in [1.82, 2.24) is 10.1 Å². The molecule has 17 heavy (non-hydrogen) atoms. The summed E-state index contributed by atoms with van der Waals surface area (Å²) in [7, 11) is 0. The summed E-state index contributed by atoms with van der Waals surface area (Å²) in [6.07, 6.45) is -2.95. The van der Waals surface area contributed by atoms with Gasteiger partial charge in [0, 0.05) is 5.56 Å². The third-order valence-electron chi connectivity index (χ3n) is 2.15. The molecule has 0 bridgehead atoms. The highest BCUT2D eigenvalue weighted by Crippen LogP contribution is 2.31. The van der Waals surface area contributed by atoms with E-state index in [2.05, 4.69) is 14.7 Å². The van der Waals surface area contributed by atoms with Gasteiger partial charge < -0.3 is 10.3 Å². The van der Waals surface area contributed by atoms with Gasteiger partial charge in [0.1, 0.15) is 5.82 Å². The second-order valence-electron chi connectivity index (χ2n) is 3.22. The number of aromatic nitrogens is 2. The molecule has 0 amide bonds. The minimum atomic E-state index is -2.95. The van der Waals surface area contributed by atoms with Gasteiger partial charge >= 0.3 is 0 Å². The maximum atomic E-state index is 13.3. The molecular formula is C10H8F3N3O. The van der Waals surface area contributed by atoms with E-state index >= 15 is 0 Å². The van der Waals surface area contributed by atoms with Gasteiger partial charge in [-0.15, -0.1) is 0 Å². The van der Waals surface area contributed by atoms with Crippen LogP contribution in [0.5, 0.6) is 0 Å². The molecule has 7 heteroatoms. The van der Waals surface area contributed by atoms with Gasteiger partial charge in [0.15, 0.2) is 0 Å². The lowest BCUT2D eigenvalue weighted by molar-refractivity contribution is 0.147. The highest BCUT2D eigenvalue weighted by Gasteiger charge is 2.21. The summed E-state index contributed by atoms with van der Waals surface area (Å²) < 4.78 is 43.4. The Morgan fingerprint density at radius 1 is 1.35 bits per heavy atom. The van der Waals surface area contributed by atoms with Crippen LogP contribution in [0.3, 0.4) is 0 Å². The van der Waals surface area contributed by atoms with Crippen LogP contribution < -0.4 is 5.73 Å². The molecule has 0 fully saturated rings. The smallest absolute Gasteiger partial charge is 0.267 e. The summed E-state index contributed by atoms with van der Waals surface area (Å²) in [5.41, 5.74) is 4.42. The number of benzene rings is 1. The Morgan fingerprint density at radius 2 is 2.12 bits per heavy atom. The van der Waals surface area contributed by atoms with Crippen molar-refractivity contribution in [3.63, 3.8) is 0 Å². The summed E-state index contributed by atoms with van der Waals surface area (Å²) in [6, 6.07) is 3.56. The molecule has 0 unspecified atom stereocenters. The third kappa shape index (κ3) is 2.14. The van der Waals surface area contributed by atoms with Crippen molar-refractivity contribution in [3.8, 4) is 11.4 Å². The van der Waals surface area contributed by atoms with Crippen molar-refractivity contribution >= 4 is 0 Å². The van der Waals surface area contributed by atoms with Gasteiger partial charge in [0.2, 0.25) is 11.7 Å². The number of nitrogens with zero attached hydrogens (tertiary/aromatic N) is 2. The number of nitrogens with two attached hydrogens (primary N) is 1. The Labute approximate surface area is 94.2 Å². The molecule has 2 aromatic rings. The lowest BCUT2D eigenvalue weighted by Crippen LogP contribution is -1.98. The molecule has 0 aliphatic carbocycles.